The Labute approximate surface area is 106 Å². The van der Waals surface area contributed by atoms with E-state index in [1.165, 1.54) is 0 Å². The van der Waals surface area contributed by atoms with Gasteiger partial charge in [-0.1, -0.05) is 11.6 Å². The molecular formula is C13H15ClO3. The molecule has 17 heavy (non-hydrogen) atoms. The number of carbonyl (C=O) groups excluding carboxylic acids is 1. The molecule has 92 valence electrons. The molecule has 0 aliphatic heterocycles. The molecule has 3 nitrogen and oxygen atoms in total. The third-order valence-corrected chi connectivity index (χ3v) is 3.13. The maximum absolute atomic E-state index is 10.5. The van der Waals surface area contributed by atoms with Crippen LogP contribution in [0.2, 0.25) is 5.02 Å². The van der Waals surface area contributed by atoms with E-state index < -0.39 is 0 Å². The summed E-state index contributed by atoms with van der Waals surface area (Å²) in [6, 6.07) is 5.39. The molecule has 0 saturated heterocycles. The predicted octanol–water partition coefficient (Wildman–Crippen LogP) is 3.10. The Kier molecular flexibility index (Phi) is 3.89. The lowest BCUT2D eigenvalue weighted by atomic mass is 9.83. The van der Waals surface area contributed by atoms with Gasteiger partial charge in [0.2, 0.25) is 0 Å². The van der Waals surface area contributed by atoms with Crippen LogP contribution in [-0.4, -0.2) is 19.0 Å². The van der Waals surface area contributed by atoms with Crippen molar-refractivity contribution in [3.05, 3.63) is 23.2 Å². The number of rotatable bonds is 5. The lowest BCUT2D eigenvalue weighted by Gasteiger charge is -2.32. The van der Waals surface area contributed by atoms with Crippen LogP contribution < -0.4 is 9.47 Å². The van der Waals surface area contributed by atoms with Crippen LogP contribution >= 0.6 is 11.6 Å². The molecule has 1 aromatic carbocycles. The molecule has 1 aromatic rings. The van der Waals surface area contributed by atoms with Crippen molar-refractivity contribution in [2.75, 3.05) is 6.61 Å². The van der Waals surface area contributed by atoms with Crippen LogP contribution in [0.3, 0.4) is 0 Å². The molecule has 0 N–H and O–H groups in total. The van der Waals surface area contributed by atoms with Gasteiger partial charge in [-0.3, -0.25) is 0 Å². The zero-order chi connectivity index (χ0) is 12.3. The highest BCUT2D eigenvalue weighted by Crippen LogP contribution is 2.34. The number of hydrogen-bond acceptors (Lipinski definition) is 3. The Bertz CT molecular complexity index is 400. The second-order valence-corrected chi connectivity index (χ2v) is 4.54. The van der Waals surface area contributed by atoms with Crippen molar-refractivity contribution in [2.45, 2.75) is 25.9 Å². The summed E-state index contributed by atoms with van der Waals surface area (Å²) < 4.78 is 11.0. The van der Waals surface area contributed by atoms with E-state index in [1.807, 2.05) is 19.1 Å². The molecule has 2 rings (SSSR count). The second-order valence-electron chi connectivity index (χ2n) is 4.13. The number of carbonyl (C=O) groups is 1. The van der Waals surface area contributed by atoms with Crippen LogP contribution in [0, 0.1) is 5.92 Å². The third-order valence-electron chi connectivity index (χ3n) is 2.83. The smallest absolute Gasteiger partial charge is 0.138 e. The summed E-state index contributed by atoms with van der Waals surface area (Å²) in [5.74, 6) is 1.55. The maximum Gasteiger partial charge on any atom is 0.138 e. The summed E-state index contributed by atoms with van der Waals surface area (Å²) in [7, 11) is 0. The van der Waals surface area contributed by atoms with Crippen LogP contribution in [0.25, 0.3) is 0 Å². The summed E-state index contributed by atoms with van der Waals surface area (Å²) in [6.45, 7) is 2.53. The van der Waals surface area contributed by atoms with Crippen LogP contribution in [-0.2, 0) is 4.79 Å². The van der Waals surface area contributed by atoms with Gasteiger partial charge in [0.1, 0.15) is 23.9 Å². The van der Waals surface area contributed by atoms with Gasteiger partial charge in [0.25, 0.3) is 0 Å². The summed E-state index contributed by atoms with van der Waals surface area (Å²) in [6.07, 6.45) is 2.67. The molecule has 0 unspecified atom stereocenters. The first kappa shape index (κ1) is 12.2. The third kappa shape index (κ3) is 2.91. The van der Waals surface area contributed by atoms with Crippen LogP contribution in [0.15, 0.2) is 18.2 Å². The Morgan fingerprint density at radius 3 is 2.82 bits per heavy atom. The van der Waals surface area contributed by atoms with Crippen molar-refractivity contribution in [3.63, 3.8) is 0 Å². The highest BCUT2D eigenvalue weighted by Gasteiger charge is 2.30. The fraction of sp³-hybridized carbons (Fsp3) is 0.462. The van der Waals surface area contributed by atoms with Crippen LogP contribution in [0.4, 0.5) is 0 Å². The van der Waals surface area contributed by atoms with Crippen molar-refractivity contribution in [1.29, 1.82) is 0 Å². The Balaban J connectivity index is 1.95. The number of hydrogen-bond donors (Lipinski definition) is 0. The molecule has 0 atom stereocenters. The fourth-order valence-electron chi connectivity index (χ4n) is 1.83. The van der Waals surface area contributed by atoms with Gasteiger partial charge in [-0.15, -0.1) is 0 Å². The summed E-state index contributed by atoms with van der Waals surface area (Å²) in [5, 5.41) is 0.547. The molecule has 0 spiro atoms. The van der Waals surface area contributed by atoms with Gasteiger partial charge < -0.3 is 14.3 Å². The van der Waals surface area contributed by atoms with Crippen molar-refractivity contribution >= 4 is 17.9 Å². The summed E-state index contributed by atoms with van der Waals surface area (Å²) in [5.41, 5.74) is 0. The van der Waals surface area contributed by atoms with Crippen LogP contribution in [0.1, 0.15) is 19.8 Å². The van der Waals surface area contributed by atoms with E-state index in [0.29, 0.717) is 17.4 Å². The average molecular weight is 255 g/mol. The summed E-state index contributed by atoms with van der Waals surface area (Å²) >= 11 is 6.09. The largest absolute Gasteiger partial charge is 0.494 e. The lowest BCUT2D eigenvalue weighted by molar-refractivity contribution is -0.116. The molecule has 1 saturated carbocycles. The van der Waals surface area contributed by atoms with E-state index in [2.05, 4.69) is 0 Å². The van der Waals surface area contributed by atoms with Gasteiger partial charge in [0.15, 0.2) is 0 Å². The fourth-order valence-corrected chi connectivity index (χ4v) is 2.04. The SMILES string of the molecule is CCOc1ccc(OC2CC(C=O)C2)c(Cl)c1. The van der Waals surface area contributed by atoms with Gasteiger partial charge in [-0.2, -0.15) is 0 Å². The molecule has 0 radical (unpaired) electrons. The highest BCUT2D eigenvalue weighted by atomic mass is 35.5. The standard InChI is InChI=1S/C13H15ClO3/c1-2-16-10-3-4-13(12(14)7-10)17-11-5-9(6-11)8-15/h3-4,7-9,11H,2,5-6H2,1H3. The van der Waals surface area contributed by atoms with Crippen LogP contribution in [0.5, 0.6) is 11.5 Å². The Morgan fingerprint density at radius 2 is 2.24 bits per heavy atom. The second kappa shape index (κ2) is 5.41. The van der Waals surface area contributed by atoms with E-state index in [0.717, 1.165) is 24.9 Å². The molecule has 1 aliphatic rings. The summed E-state index contributed by atoms with van der Waals surface area (Å²) in [4.78, 5) is 10.5. The van der Waals surface area contributed by atoms with E-state index in [1.54, 1.807) is 6.07 Å². The van der Waals surface area contributed by atoms with Gasteiger partial charge in [0.05, 0.1) is 11.6 Å². The minimum Gasteiger partial charge on any atom is -0.494 e. The minimum absolute atomic E-state index is 0.112. The van der Waals surface area contributed by atoms with Crippen molar-refractivity contribution in [3.8, 4) is 11.5 Å². The molecule has 0 amide bonds. The monoisotopic (exact) mass is 254 g/mol. The number of ether oxygens (including phenoxy) is 2. The number of benzene rings is 1. The minimum atomic E-state index is 0.112. The van der Waals surface area contributed by atoms with Crippen molar-refractivity contribution in [1.82, 2.24) is 0 Å². The maximum atomic E-state index is 10.5. The molecular weight excluding hydrogens is 240 g/mol. The normalized spacial score (nSPS) is 22.7. The first-order valence-corrected chi connectivity index (χ1v) is 6.15. The Morgan fingerprint density at radius 1 is 1.47 bits per heavy atom. The van der Waals surface area contributed by atoms with Crippen molar-refractivity contribution in [2.24, 2.45) is 5.92 Å². The van der Waals surface area contributed by atoms with E-state index in [4.69, 9.17) is 21.1 Å². The molecule has 0 bridgehead atoms. The number of halogens is 1. The first-order chi connectivity index (χ1) is 8.22. The van der Waals surface area contributed by atoms with E-state index >= 15 is 0 Å². The topological polar surface area (TPSA) is 35.5 Å². The van der Waals surface area contributed by atoms with Gasteiger partial charge >= 0.3 is 0 Å². The van der Waals surface area contributed by atoms with E-state index in [9.17, 15) is 4.79 Å². The molecule has 1 fully saturated rings. The van der Waals surface area contributed by atoms with Gasteiger partial charge in [0, 0.05) is 12.0 Å². The van der Waals surface area contributed by atoms with Gasteiger partial charge in [-0.05, 0) is 31.9 Å². The van der Waals surface area contributed by atoms with E-state index in [-0.39, 0.29) is 12.0 Å². The highest BCUT2D eigenvalue weighted by molar-refractivity contribution is 6.32. The zero-order valence-corrected chi connectivity index (χ0v) is 10.4. The average Bonchev–Trinajstić information content (AvgIpc) is 2.25. The quantitative estimate of drug-likeness (QED) is 0.758. The molecule has 1 aliphatic carbocycles. The number of aldehydes is 1. The lowest BCUT2D eigenvalue weighted by Crippen LogP contribution is -2.34. The van der Waals surface area contributed by atoms with Gasteiger partial charge in [-0.25, -0.2) is 0 Å². The van der Waals surface area contributed by atoms with Crippen molar-refractivity contribution < 1.29 is 14.3 Å². The predicted molar refractivity (Wildman–Crippen MR) is 65.8 cm³/mol. The molecule has 0 heterocycles. The molecule has 0 aromatic heterocycles. The first-order valence-electron chi connectivity index (χ1n) is 5.77. The zero-order valence-electron chi connectivity index (χ0n) is 9.69. The molecule has 4 heteroatoms. The Hall–Kier alpha value is -1.22.